The second-order valence-corrected chi connectivity index (χ2v) is 9.24. The van der Waals surface area contributed by atoms with E-state index < -0.39 is 0 Å². The highest BCUT2D eigenvalue weighted by Gasteiger charge is 2.23. The van der Waals surface area contributed by atoms with Crippen molar-refractivity contribution in [2.24, 2.45) is 0 Å². The number of nitrogens with zero attached hydrogens (tertiary/aromatic N) is 2. The molecule has 4 rings (SSSR count). The SMILES string of the molecule is CC(=O)N(Cc1ccc(C)cc1)Cc1ccccc1C1CCN(Cc2ccc(F)cc2)CC1. The minimum Gasteiger partial charge on any atom is -0.334 e. The number of amides is 1. The quantitative estimate of drug-likeness (QED) is 0.442. The van der Waals surface area contributed by atoms with E-state index in [2.05, 4.69) is 60.4 Å². The van der Waals surface area contributed by atoms with Gasteiger partial charge in [-0.25, -0.2) is 4.39 Å². The minimum absolute atomic E-state index is 0.0968. The average Bonchev–Trinajstić information content (AvgIpc) is 2.82. The van der Waals surface area contributed by atoms with Crippen molar-refractivity contribution in [3.8, 4) is 0 Å². The van der Waals surface area contributed by atoms with Crippen molar-refractivity contribution in [3.63, 3.8) is 0 Å². The number of hydrogen-bond donors (Lipinski definition) is 0. The topological polar surface area (TPSA) is 23.6 Å². The van der Waals surface area contributed by atoms with E-state index >= 15 is 0 Å². The molecular weight excluding hydrogens is 411 g/mol. The van der Waals surface area contributed by atoms with Crippen molar-refractivity contribution in [1.29, 1.82) is 0 Å². The summed E-state index contributed by atoms with van der Waals surface area (Å²) in [6.07, 6.45) is 2.19. The van der Waals surface area contributed by atoms with E-state index in [4.69, 9.17) is 0 Å². The Bertz CT molecular complexity index is 1050. The maximum absolute atomic E-state index is 13.2. The lowest BCUT2D eigenvalue weighted by atomic mass is 9.86. The molecular formula is C29H33FN2O. The molecule has 0 N–H and O–H groups in total. The summed E-state index contributed by atoms with van der Waals surface area (Å²) < 4.78 is 13.2. The summed E-state index contributed by atoms with van der Waals surface area (Å²) in [6, 6.07) is 23.8. The Kier molecular flexibility index (Phi) is 7.56. The summed E-state index contributed by atoms with van der Waals surface area (Å²) in [5, 5.41) is 0. The second kappa shape index (κ2) is 10.8. The molecule has 172 valence electrons. The summed E-state index contributed by atoms with van der Waals surface area (Å²) in [7, 11) is 0. The third-order valence-electron chi connectivity index (χ3n) is 6.70. The summed E-state index contributed by atoms with van der Waals surface area (Å²) in [6.45, 7) is 7.91. The first-order valence-electron chi connectivity index (χ1n) is 11.8. The fourth-order valence-electron chi connectivity index (χ4n) is 4.72. The van der Waals surface area contributed by atoms with Gasteiger partial charge in [0.15, 0.2) is 0 Å². The van der Waals surface area contributed by atoms with Gasteiger partial charge in [0.1, 0.15) is 5.82 Å². The number of rotatable bonds is 7. The zero-order chi connectivity index (χ0) is 23.2. The monoisotopic (exact) mass is 444 g/mol. The normalized spacial score (nSPS) is 14.9. The number of carbonyl (C=O) groups is 1. The molecule has 0 spiro atoms. The largest absolute Gasteiger partial charge is 0.334 e. The van der Waals surface area contributed by atoms with Gasteiger partial charge in [-0.15, -0.1) is 0 Å². The molecule has 1 amide bonds. The molecule has 0 radical (unpaired) electrons. The highest BCUT2D eigenvalue weighted by Crippen LogP contribution is 2.32. The standard InChI is InChI=1S/C29H33FN2O/c1-22-7-9-25(10-8-22)20-32(23(2)33)21-27-5-3-4-6-29(27)26-15-17-31(18-16-26)19-24-11-13-28(30)14-12-24/h3-14,26H,15-21H2,1-2H3. The van der Waals surface area contributed by atoms with E-state index in [-0.39, 0.29) is 11.7 Å². The van der Waals surface area contributed by atoms with Gasteiger partial charge in [-0.3, -0.25) is 9.69 Å². The van der Waals surface area contributed by atoms with Crippen molar-refractivity contribution in [2.75, 3.05) is 13.1 Å². The maximum Gasteiger partial charge on any atom is 0.220 e. The zero-order valence-electron chi connectivity index (χ0n) is 19.6. The van der Waals surface area contributed by atoms with Crippen molar-refractivity contribution >= 4 is 5.91 Å². The van der Waals surface area contributed by atoms with Crippen LogP contribution in [0.2, 0.25) is 0 Å². The molecule has 0 unspecified atom stereocenters. The molecule has 33 heavy (non-hydrogen) atoms. The van der Waals surface area contributed by atoms with E-state index in [0.29, 0.717) is 19.0 Å². The van der Waals surface area contributed by atoms with Crippen molar-refractivity contribution in [2.45, 2.75) is 52.2 Å². The van der Waals surface area contributed by atoms with Crippen LogP contribution in [0.5, 0.6) is 0 Å². The molecule has 0 aromatic heterocycles. The van der Waals surface area contributed by atoms with E-state index in [1.54, 1.807) is 6.92 Å². The fourth-order valence-corrected chi connectivity index (χ4v) is 4.72. The molecule has 1 aliphatic heterocycles. The first-order valence-corrected chi connectivity index (χ1v) is 11.8. The third kappa shape index (κ3) is 6.29. The molecule has 0 aliphatic carbocycles. The van der Waals surface area contributed by atoms with Crippen LogP contribution in [-0.4, -0.2) is 28.8 Å². The second-order valence-electron chi connectivity index (χ2n) is 9.24. The van der Waals surface area contributed by atoms with Crippen molar-refractivity contribution < 1.29 is 9.18 Å². The highest BCUT2D eigenvalue weighted by atomic mass is 19.1. The maximum atomic E-state index is 13.2. The lowest BCUT2D eigenvalue weighted by Gasteiger charge is -2.33. The number of piperidine rings is 1. The van der Waals surface area contributed by atoms with Crippen LogP contribution >= 0.6 is 0 Å². The van der Waals surface area contributed by atoms with Gasteiger partial charge in [-0.2, -0.15) is 0 Å². The van der Waals surface area contributed by atoms with Crippen molar-refractivity contribution in [3.05, 3.63) is 106 Å². The molecule has 0 saturated carbocycles. The fraction of sp³-hybridized carbons (Fsp3) is 0.345. The van der Waals surface area contributed by atoms with Crippen LogP contribution in [0.15, 0.2) is 72.8 Å². The lowest BCUT2D eigenvalue weighted by Crippen LogP contribution is -2.33. The number of benzene rings is 3. The number of carbonyl (C=O) groups excluding carboxylic acids is 1. The minimum atomic E-state index is -0.184. The summed E-state index contributed by atoms with van der Waals surface area (Å²) in [5.41, 5.74) is 6.15. The Morgan fingerprint density at radius 2 is 1.55 bits per heavy atom. The van der Waals surface area contributed by atoms with Gasteiger partial charge in [0.2, 0.25) is 5.91 Å². The summed E-state index contributed by atoms with van der Waals surface area (Å²) in [4.78, 5) is 16.8. The molecule has 1 fully saturated rings. The average molecular weight is 445 g/mol. The summed E-state index contributed by atoms with van der Waals surface area (Å²) >= 11 is 0. The molecule has 1 saturated heterocycles. The third-order valence-corrected chi connectivity index (χ3v) is 6.70. The van der Waals surface area contributed by atoms with E-state index in [1.165, 1.54) is 28.8 Å². The number of likely N-dealkylation sites (tertiary alicyclic amines) is 1. The van der Waals surface area contributed by atoms with E-state index in [0.717, 1.165) is 43.6 Å². The van der Waals surface area contributed by atoms with Crippen molar-refractivity contribution in [1.82, 2.24) is 9.80 Å². The Balaban J connectivity index is 1.41. The molecule has 3 aromatic rings. The van der Waals surface area contributed by atoms with Crippen LogP contribution in [0.4, 0.5) is 4.39 Å². The first kappa shape index (κ1) is 23.2. The number of hydrogen-bond acceptors (Lipinski definition) is 2. The Morgan fingerprint density at radius 3 is 2.21 bits per heavy atom. The van der Waals surface area contributed by atoms with Crippen LogP contribution in [0.3, 0.4) is 0 Å². The summed E-state index contributed by atoms with van der Waals surface area (Å²) in [5.74, 6) is 0.411. The van der Waals surface area contributed by atoms with Gasteiger partial charge in [0, 0.05) is 26.6 Å². The van der Waals surface area contributed by atoms with E-state index in [9.17, 15) is 9.18 Å². The van der Waals surface area contributed by atoms with Crippen LogP contribution in [0.25, 0.3) is 0 Å². The van der Waals surface area contributed by atoms with Gasteiger partial charge in [-0.1, -0.05) is 66.2 Å². The lowest BCUT2D eigenvalue weighted by molar-refractivity contribution is -0.130. The van der Waals surface area contributed by atoms with Crippen LogP contribution in [0.1, 0.15) is 53.5 Å². The molecule has 1 aliphatic rings. The Hall–Kier alpha value is -2.98. The molecule has 3 nitrogen and oxygen atoms in total. The molecule has 0 atom stereocenters. The number of aryl methyl sites for hydroxylation is 1. The highest BCUT2D eigenvalue weighted by molar-refractivity contribution is 5.73. The van der Waals surface area contributed by atoms with E-state index in [1.807, 2.05) is 17.0 Å². The Labute approximate surface area is 196 Å². The van der Waals surface area contributed by atoms with Crippen LogP contribution < -0.4 is 0 Å². The predicted molar refractivity (Wildman–Crippen MR) is 131 cm³/mol. The zero-order valence-corrected chi connectivity index (χ0v) is 19.6. The Morgan fingerprint density at radius 1 is 0.909 bits per heavy atom. The van der Waals surface area contributed by atoms with Gasteiger partial charge >= 0.3 is 0 Å². The van der Waals surface area contributed by atoms with Gasteiger partial charge in [0.05, 0.1) is 0 Å². The molecule has 0 bridgehead atoms. The van der Waals surface area contributed by atoms with Crippen LogP contribution in [-0.2, 0) is 24.4 Å². The first-order chi connectivity index (χ1) is 16.0. The van der Waals surface area contributed by atoms with Crippen LogP contribution in [0, 0.1) is 12.7 Å². The smallest absolute Gasteiger partial charge is 0.220 e. The molecule has 3 aromatic carbocycles. The molecule has 1 heterocycles. The van der Waals surface area contributed by atoms with Gasteiger partial charge in [-0.05, 0) is 73.2 Å². The van der Waals surface area contributed by atoms with Gasteiger partial charge in [0.25, 0.3) is 0 Å². The number of halogens is 1. The molecule has 4 heteroatoms. The predicted octanol–water partition coefficient (Wildman–Crippen LogP) is 6.06. The van der Waals surface area contributed by atoms with Gasteiger partial charge < -0.3 is 4.90 Å².